The third-order valence-corrected chi connectivity index (χ3v) is 4.23. The Morgan fingerprint density at radius 1 is 1.23 bits per heavy atom. The van der Waals surface area contributed by atoms with Gasteiger partial charge in [0.25, 0.3) is 0 Å². The van der Waals surface area contributed by atoms with Crippen molar-refractivity contribution in [3.8, 4) is 0 Å². The molecule has 0 aromatic heterocycles. The number of nitrogens with zero attached hydrogens (tertiary/aromatic N) is 1. The number of nitrogens with one attached hydrogen (secondary N) is 2. The molecule has 3 amide bonds. The van der Waals surface area contributed by atoms with Crippen molar-refractivity contribution >= 4 is 17.8 Å². The molecule has 0 bridgehead atoms. The first-order valence-electron chi connectivity index (χ1n) is 8.98. The highest BCUT2D eigenvalue weighted by Crippen LogP contribution is 2.22. The second-order valence-corrected chi connectivity index (χ2v) is 7.63. The van der Waals surface area contributed by atoms with E-state index in [2.05, 4.69) is 10.6 Å². The maximum atomic E-state index is 13.0. The SMILES string of the molecule is C[C@H](NC(=O)OC(C)(C)C)[C@H]1CCCCN1C(=O)Nc1ccc(F)cc1. The Labute approximate surface area is 154 Å². The van der Waals surface area contributed by atoms with Crippen LogP contribution in [0.5, 0.6) is 0 Å². The normalized spacial score (nSPS) is 18.8. The van der Waals surface area contributed by atoms with E-state index >= 15 is 0 Å². The minimum Gasteiger partial charge on any atom is -0.444 e. The largest absolute Gasteiger partial charge is 0.444 e. The van der Waals surface area contributed by atoms with Gasteiger partial charge in [-0.25, -0.2) is 14.0 Å². The summed E-state index contributed by atoms with van der Waals surface area (Å²) in [4.78, 5) is 26.4. The van der Waals surface area contributed by atoms with E-state index in [9.17, 15) is 14.0 Å². The highest BCUT2D eigenvalue weighted by molar-refractivity contribution is 5.89. The van der Waals surface area contributed by atoms with Gasteiger partial charge in [-0.1, -0.05) is 0 Å². The topological polar surface area (TPSA) is 70.7 Å². The van der Waals surface area contributed by atoms with Crippen molar-refractivity contribution in [1.29, 1.82) is 0 Å². The second-order valence-electron chi connectivity index (χ2n) is 7.63. The number of rotatable bonds is 3. The summed E-state index contributed by atoms with van der Waals surface area (Å²) in [6, 6.07) is 5.02. The van der Waals surface area contributed by atoms with Gasteiger partial charge in [-0.2, -0.15) is 0 Å². The minimum absolute atomic E-state index is 0.128. The van der Waals surface area contributed by atoms with Crippen LogP contribution < -0.4 is 10.6 Å². The van der Waals surface area contributed by atoms with E-state index in [1.165, 1.54) is 24.3 Å². The van der Waals surface area contributed by atoms with Crippen molar-refractivity contribution in [2.45, 2.75) is 64.6 Å². The van der Waals surface area contributed by atoms with Gasteiger partial charge in [0.05, 0.1) is 6.04 Å². The molecular formula is C19H28FN3O3. The van der Waals surface area contributed by atoms with Crippen LogP contribution in [0.25, 0.3) is 0 Å². The molecule has 1 aliphatic rings. The Hall–Kier alpha value is -2.31. The van der Waals surface area contributed by atoms with Crippen LogP contribution in [0.2, 0.25) is 0 Å². The quantitative estimate of drug-likeness (QED) is 0.846. The summed E-state index contributed by atoms with van der Waals surface area (Å²) in [5.74, 6) is -0.353. The molecule has 2 N–H and O–H groups in total. The molecule has 0 radical (unpaired) electrons. The molecule has 1 aromatic carbocycles. The zero-order chi connectivity index (χ0) is 19.3. The number of ether oxygens (including phenoxy) is 1. The molecule has 0 aliphatic carbocycles. The number of alkyl carbamates (subject to hydrolysis) is 1. The lowest BCUT2D eigenvalue weighted by Gasteiger charge is -2.39. The lowest BCUT2D eigenvalue weighted by Crippen LogP contribution is -2.55. The third kappa shape index (κ3) is 5.89. The number of carbonyl (C=O) groups is 2. The molecule has 1 heterocycles. The van der Waals surface area contributed by atoms with Gasteiger partial charge in [-0.05, 0) is 71.2 Å². The Morgan fingerprint density at radius 2 is 1.88 bits per heavy atom. The summed E-state index contributed by atoms with van der Waals surface area (Å²) in [6.07, 6.45) is 2.21. The molecule has 26 heavy (non-hydrogen) atoms. The smallest absolute Gasteiger partial charge is 0.407 e. The number of piperidine rings is 1. The van der Waals surface area contributed by atoms with Crippen LogP contribution in [0.1, 0.15) is 47.0 Å². The molecule has 6 nitrogen and oxygen atoms in total. The lowest BCUT2D eigenvalue weighted by molar-refractivity contribution is 0.0465. The molecule has 2 atom stereocenters. The molecule has 0 unspecified atom stereocenters. The van der Waals surface area contributed by atoms with Crippen LogP contribution in [0.15, 0.2) is 24.3 Å². The monoisotopic (exact) mass is 365 g/mol. The van der Waals surface area contributed by atoms with Crippen molar-refractivity contribution in [2.75, 3.05) is 11.9 Å². The zero-order valence-corrected chi connectivity index (χ0v) is 15.8. The Bertz CT molecular complexity index is 628. The Morgan fingerprint density at radius 3 is 2.50 bits per heavy atom. The van der Waals surface area contributed by atoms with E-state index in [0.717, 1.165) is 19.3 Å². The van der Waals surface area contributed by atoms with E-state index in [4.69, 9.17) is 4.74 Å². The Kier molecular flexibility index (Phi) is 6.45. The summed E-state index contributed by atoms with van der Waals surface area (Å²) in [6.45, 7) is 7.90. The molecule has 0 spiro atoms. The summed E-state index contributed by atoms with van der Waals surface area (Å²) >= 11 is 0. The molecular weight excluding hydrogens is 337 g/mol. The van der Waals surface area contributed by atoms with Crippen molar-refractivity contribution in [3.63, 3.8) is 0 Å². The number of likely N-dealkylation sites (tertiary alicyclic amines) is 1. The van der Waals surface area contributed by atoms with Crippen LogP contribution in [0, 0.1) is 5.82 Å². The number of halogens is 1. The first kappa shape index (κ1) is 20.0. The summed E-state index contributed by atoms with van der Waals surface area (Å²) < 4.78 is 18.3. The molecule has 7 heteroatoms. The predicted molar refractivity (Wildman–Crippen MR) is 98.6 cm³/mol. The van der Waals surface area contributed by atoms with E-state index in [-0.39, 0.29) is 23.9 Å². The van der Waals surface area contributed by atoms with Gasteiger partial charge in [0.15, 0.2) is 0 Å². The van der Waals surface area contributed by atoms with Gasteiger partial charge >= 0.3 is 12.1 Å². The maximum Gasteiger partial charge on any atom is 0.407 e. The van der Waals surface area contributed by atoms with Gasteiger partial charge < -0.3 is 20.3 Å². The number of benzene rings is 1. The van der Waals surface area contributed by atoms with E-state index < -0.39 is 11.7 Å². The van der Waals surface area contributed by atoms with Crippen molar-refractivity contribution in [1.82, 2.24) is 10.2 Å². The average molecular weight is 365 g/mol. The number of carbonyl (C=O) groups excluding carboxylic acids is 2. The molecule has 2 rings (SSSR count). The zero-order valence-electron chi connectivity index (χ0n) is 15.8. The fourth-order valence-electron chi connectivity index (χ4n) is 3.05. The number of hydrogen-bond donors (Lipinski definition) is 2. The number of hydrogen-bond acceptors (Lipinski definition) is 3. The average Bonchev–Trinajstić information content (AvgIpc) is 2.55. The van der Waals surface area contributed by atoms with Crippen LogP contribution in [-0.2, 0) is 4.74 Å². The summed E-state index contributed by atoms with van der Waals surface area (Å²) in [5.41, 5.74) is -0.0378. The standard InChI is InChI=1S/C19H28FN3O3/c1-13(21-18(25)26-19(2,3)4)16-7-5-6-12-23(16)17(24)22-15-10-8-14(20)9-11-15/h8-11,13,16H,5-7,12H2,1-4H3,(H,21,25)(H,22,24)/t13-,16+/m0/s1. The lowest BCUT2D eigenvalue weighted by atomic mass is 9.97. The van der Waals surface area contributed by atoms with Gasteiger partial charge in [0.1, 0.15) is 11.4 Å². The van der Waals surface area contributed by atoms with E-state index in [1.54, 1.807) is 25.7 Å². The highest BCUT2D eigenvalue weighted by Gasteiger charge is 2.32. The molecule has 144 valence electrons. The van der Waals surface area contributed by atoms with Crippen LogP contribution >= 0.6 is 0 Å². The molecule has 1 aromatic rings. The van der Waals surface area contributed by atoms with Gasteiger partial charge in [0, 0.05) is 18.3 Å². The fourth-order valence-corrected chi connectivity index (χ4v) is 3.05. The molecule has 1 saturated heterocycles. The summed E-state index contributed by atoms with van der Waals surface area (Å²) in [5, 5.41) is 5.62. The third-order valence-electron chi connectivity index (χ3n) is 4.23. The van der Waals surface area contributed by atoms with Crippen LogP contribution in [0.4, 0.5) is 19.7 Å². The highest BCUT2D eigenvalue weighted by atomic mass is 19.1. The summed E-state index contributed by atoms with van der Waals surface area (Å²) in [7, 11) is 0. The van der Waals surface area contributed by atoms with Crippen molar-refractivity contribution < 1.29 is 18.7 Å². The second kappa shape index (κ2) is 8.38. The van der Waals surface area contributed by atoms with E-state index in [1.807, 2.05) is 6.92 Å². The van der Waals surface area contributed by atoms with Gasteiger partial charge in [-0.3, -0.25) is 0 Å². The predicted octanol–water partition coefficient (Wildman–Crippen LogP) is 4.13. The molecule has 1 fully saturated rings. The molecule has 0 saturated carbocycles. The van der Waals surface area contributed by atoms with Crippen LogP contribution in [-0.4, -0.2) is 41.3 Å². The van der Waals surface area contributed by atoms with Crippen LogP contribution in [0.3, 0.4) is 0 Å². The molecule has 1 aliphatic heterocycles. The van der Waals surface area contributed by atoms with Crippen molar-refractivity contribution in [3.05, 3.63) is 30.1 Å². The first-order valence-corrected chi connectivity index (χ1v) is 8.98. The fraction of sp³-hybridized carbons (Fsp3) is 0.579. The van der Waals surface area contributed by atoms with Gasteiger partial charge in [-0.15, -0.1) is 0 Å². The van der Waals surface area contributed by atoms with E-state index in [0.29, 0.717) is 12.2 Å². The van der Waals surface area contributed by atoms with Gasteiger partial charge in [0.2, 0.25) is 0 Å². The number of urea groups is 1. The Balaban J connectivity index is 2.00. The first-order chi connectivity index (χ1) is 12.2. The number of anilines is 1. The number of amides is 3. The maximum absolute atomic E-state index is 13.0. The minimum atomic E-state index is -0.573. The van der Waals surface area contributed by atoms with Crippen molar-refractivity contribution in [2.24, 2.45) is 0 Å².